The minimum absolute atomic E-state index is 0.160. The zero-order valence-corrected chi connectivity index (χ0v) is 21.1. The van der Waals surface area contributed by atoms with Crippen LogP contribution in [0.3, 0.4) is 0 Å². The Bertz CT molecular complexity index is 1540. The average molecular weight is 501 g/mol. The molecule has 1 unspecified atom stereocenters. The fraction of sp³-hybridized carbons (Fsp3) is 0.125. The van der Waals surface area contributed by atoms with Gasteiger partial charge >= 0.3 is 0 Å². The van der Waals surface area contributed by atoms with Gasteiger partial charge in [0, 0.05) is 5.70 Å². The normalized spacial score (nSPS) is 14.2. The highest BCUT2D eigenvalue weighted by Crippen LogP contribution is 2.37. The van der Waals surface area contributed by atoms with Crippen LogP contribution < -0.4 is 14.8 Å². The molecule has 0 aliphatic carbocycles. The second-order valence-corrected chi connectivity index (χ2v) is 9.30. The Morgan fingerprint density at radius 3 is 2.11 bits per heavy atom. The van der Waals surface area contributed by atoms with Crippen molar-refractivity contribution in [1.29, 1.82) is 0 Å². The van der Waals surface area contributed by atoms with E-state index in [0.29, 0.717) is 30.7 Å². The van der Waals surface area contributed by atoms with Crippen molar-refractivity contribution in [2.24, 2.45) is 0 Å². The first-order valence-electron chi connectivity index (χ1n) is 12.7. The van der Waals surface area contributed by atoms with Crippen LogP contribution in [0.25, 0.3) is 5.70 Å². The molecule has 1 aromatic heterocycles. The summed E-state index contributed by atoms with van der Waals surface area (Å²) in [7, 11) is 0. The Morgan fingerprint density at radius 2 is 1.42 bits per heavy atom. The first kappa shape index (κ1) is 23.6. The molecule has 0 fully saturated rings. The number of hydrogen-bond acceptors (Lipinski definition) is 5. The molecule has 4 aromatic carbocycles. The highest BCUT2D eigenvalue weighted by atomic mass is 16.5. The molecule has 1 N–H and O–H groups in total. The van der Waals surface area contributed by atoms with Crippen LogP contribution >= 0.6 is 0 Å². The summed E-state index contributed by atoms with van der Waals surface area (Å²) in [4.78, 5) is 4.45. The maximum Gasteiger partial charge on any atom is 0.226 e. The summed E-state index contributed by atoms with van der Waals surface area (Å²) in [6, 6.07) is 34.7. The van der Waals surface area contributed by atoms with Gasteiger partial charge in [-0.2, -0.15) is 10.1 Å². The lowest BCUT2D eigenvalue weighted by Gasteiger charge is -2.25. The molecule has 0 bridgehead atoms. The van der Waals surface area contributed by atoms with E-state index in [1.54, 1.807) is 6.33 Å². The SMILES string of the molecule is Cc1ccc(C2=CC(c3ccc(OCc4ccccc4)c(OCc4ccccc4)c3)n3ncnc3N2)cc1. The van der Waals surface area contributed by atoms with E-state index in [1.165, 1.54) is 5.56 Å². The Kier molecular flexibility index (Phi) is 6.60. The van der Waals surface area contributed by atoms with Crippen LogP contribution in [-0.4, -0.2) is 14.8 Å². The van der Waals surface area contributed by atoms with Gasteiger partial charge in [-0.1, -0.05) is 96.6 Å². The van der Waals surface area contributed by atoms with E-state index in [2.05, 4.69) is 83.0 Å². The van der Waals surface area contributed by atoms with Crippen LogP contribution in [0.1, 0.15) is 33.9 Å². The molecule has 6 nitrogen and oxygen atoms in total. The first-order valence-corrected chi connectivity index (χ1v) is 12.7. The van der Waals surface area contributed by atoms with Crippen LogP contribution in [0.5, 0.6) is 11.5 Å². The number of fused-ring (bicyclic) bond motifs is 1. The van der Waals surface area contributed by atoms with Gasteiger partial charge in [-0.25, -0.2) is 4.68 Å². The minimum atomic E-state index is -0.160. The number of benzene rings is 4. The first-order chi connectivity index (χ1) is 18.7. The van der Waals surface area contributed by atoms with Gasteiger partial charge in [-0.3, -0.25) is 0 Å². The van der Waals surface area contributed by atoms with Gasteiger partial charge in [0.2, 0.25) is 5.95 Å². The van der Waals surface area contributed by atoms with Crippen LogP contribution in [0, 0.1) is 6.92 Å². The van der Waals surface area contributed by atoms with Gasteiger partial charge in [0.15, 0.2) is 11.5 Å². The molecular formula is C32H28N4O2. The second-order valence-electron chi connectivity index (χ2n) is 9.30. The van der Waals surface area contributed by atoms with E-state index in [1.807, 2.05) is 53.2 Å². The third-order valence-electron chi connectivity index (χ3n) is 6.55. The number of ether oxygens (including phenoxy) is 2. The van der Waals surface area contributed by atoms with Crippen molar-refractivity contribution in [3.05, 3.63) is 143 Å². The maximum absolute atomic E-state index is 6.33. The number of nitrogens with zero attached hydrogens (tertiary/aromatic N) is 3. The van der Waals surface area contributed by atoms with E-state index in [4.69, 9.17) is 9.47 Å². The monoisotopic (exact) mass is 500 g/mol. The molecule has 0 spiro atoms. The molecule has 5 aromatic rings. The zero-order valence-electron chi connectivity index (χ0n) is 21.1. The number of rotatable bonds is 8. The molecule has 1 aliphatic heterocycles. The van der Waals surface area contributed by atoms with E-state index in [0.717, 1.165) is 28.0 Å². The summed E-state index contributed by atoms with van der Waals surface area (Å²) in [5.41, 5.74) is 6.52. The van der Waals surface area contributed by atoms with Crippen LogP contribution in [0.2, 0.25) is 0 Å². The number of hydrogen-bond donors (Lipinski definition) is 1. The minimum Gasteiger partial charge on any atom is -0.485 e. The van der Waals surface area contributed by atoms with Crippen LogP contribution in [0.4, 0.5) is 5.95 Å². The molecule has 1 atom stereocenters. The molecule has 188 valence electrons. The van der Waals surface area contributed by atoms with Crippen molar-refractivity contribution in [2.75, 3.05) is 5.32 Å². The highest BCUT2D eigenvalue weighted by Gasteiger charge is 2.24. The molecule has 0 radical (unpaired) electrons. The zero-order chi connectivity index (χ0) is 25.7. The highest BCUT2D eigenvalue weighted by molar-refractivity contribution is 5.77. The van der Waals surface area contributed by atoms with Gasteiger partial charge < -0.3 is 14.8 Å². The third-order valence-corrected chi connectivity index (χ3v) is 6.55. The summed E-state index contributed by atoms with van der Waals surface area (Å²) >= 11 is 0. The molecule has 1 aliphatic rings. The Hall–Kier alpha value is -4.84. The lowest BCUT2D eigenvalue weighted by Crippen LogP contribution is -2.20. The van der Waals surface area contributed by atoms with Crippen molar-refractivity contribution in [2.45, 2.75) is 26.2 Å². The Morgan fingerprint density at radius 1 is 0.763 bits per heavy atom. The summed E-state index contributed by atoms with van der Waals surface area (Å²) in [5.74, 6) is 2.08. The Labute approximate surface area is 222 Å². The summed E-state index contributed by atoms with van der Waals surface area (Å²) < 4.78 is 14.4. The number of allylic oxidation sites excluding steroid dienone is 1. The maximum atomic E-state index is 6.33. The van der Waals surface area contributed by atoms with Crippen LogP contribution in [-0.2, 0) is 13.2 Å². The van der Waals surface area contributed by atoms with Crippen molar-refractivity contribution in [3.8, 4) is 11.5 Å². The lowest BCUT2D eigenvalue weighted by atomic mass is 10.0. The molecule has 6 rings (SSSR count). The predicted octanol–water partition coefficient (Wildman–Crippen LogP) is 6.80. The van der Waals surface area contributed by atoms with E-state index < -0.39 is 0 Å². The topological polar surface area (TPSA) is 61.2 Å². The molecule has 0 saturated heterocycles. The summed E-state index contributed by atoms with van der Waals surface area (Å²) in [6.07, 6.45) is 3.75. The number of aromatic nitrogens is 3. The van der Waals surface area contributed by atoms with Gasteiger partial charge in [-0.15, -0.1) is 0 Å². The van der Waals surface area contributed by atoms with E-state index in [9.17, 15) is 0 Å². The number of aryl methyl sites for hydroxylation is 1. The van der Waals surface area contributed by atoms with Gasteiger partial charge in [0.1, 0.15) is 25.6 Å². The fourth-order valence-corrected chi connectivity index (χ4v) is 4.48. The number of anilines is 1. The molecule has 0 amide bonds. The second kappa shape index (κ2) is 10.6. The molecule has 0 saturated carbocycles. The molecule has 38 heavy (non-hydrogen) atoms. The summed E-state index contributed by atoms with van der Waals surface area (Å²) in [6.45, 7) is 2.99. The smallest absolute Gasteiger partial charge is 0.226 e. The fourth-order valence-electron chi connectivity index (χ4n) is 4.48. The molecule has 2 heterocycles. The van der Waals surface area contributed by atoms with Crippen molar-refractivity contribution in [1.82, 2.24) is 14.8 Å². The lowest BCUT2D eigenvalue weighted by molar-refractivity contribution is 0.255. The van der Waals surface area contributed by atoms with Gasteiger partial charge in [0.25, 0.3) is 0 Å². The van der Waals surface area contributed by atoms with Crippen molar-refractivity contribution < 1.29 is 9.47 Å². The molecular weight excluding hydrogens is 472 g/mol. The van der Waals surface area contributed by atoms with E-state index in [-0.39, 0.29) is 6.04 Å². The summed E-state index contributed by atoms with van der Waals surface area (Å²) in [5, 5.41) is 7.92. The standard InChI is InChI=1S/C32H28N4O2/c1-23-12-14-26(15-13-23)28-19-29(36-32(35-28)33-22-34-36)27-16-17-30(37-20-24-8-4-2-5-9-24)31(18-27)38-21-25-10-6-3-7-11-25/h2-19,22,29H,20-21H2,1H3,(H,33,34,35). The van der Waals surface area contributed by atoms with E-state index >= 15 is 0 Å². The van der Waals surface area contributed by atoms with Crippen molar-refractivity contribution >= 4 is 11.6 Å². The van der Waals surface area contributed by atoms with Gasteiger partial charge in [-0.05, 0) is 47.4 Å². The van der Waals surface area contributed by atoms with Gasteiger partial charge in [0.05, 0.1) is 0 Å². The third kappa shape index (κ3) is 5.15. The largest absolute Gasteiger partial charge is 0.485 e. The predicted molar refractivity (Wildman–Crippen MR) is 149 cm³/mol. The Balaban J connectivity index is 1.34. The van der Waals surface area contributed by atoms with Crippen molar-refractivity contribution in [3.63, 3.8) is 0 Å². The van der Waals surface area contributed by atoms with Crippen LogP contribution in [0.15, 0.2) is 116 Å². The average Bonchev–Trinajstić information content (AvgIpc) is 3.45. The quantitative estimate of drug-likeness (QED) is 0.254. The molecule has 6 heteroatoms. The number of nitrogens with one attached hydrogen (secondary N) is 1.